The molecule has 2 N–H and O–H groups in total. The Morgan fingerprint density at radius 1 is 1.45 bits per heavy atom. The fourth-order valence-corrected chi connectivity index (χ4v) is 3.73. The van der Waals surface area contributed by atoms with Crippen LogP contribution in [0.25, 0.3) is 0 Å². The van der Waals surface area contributed by atoms with E-state index in [2.05, 4.69) is 29.0 Å². The smallest absolute Gasteiger partial charge is 0.247 e. The Labute approximate surface area is 121 Å². The van der Waals surface area contributed by atoms with Crippen LogP contribution in [0.15, 0.2) is 17.6 Å². The van der Waals surface area contributed by atoms with Gasteiger partial charge in [-0.2, -0.15) is 9.40 Å². The summed E-state index contributed by atoms with van der Waals surface area (Å²) in [7, 11) is -3.54. The Balaban J connectivity index is 3.10. The van der Waals surface area contributed by atoms with E-state index >= 15 is 0 Å². The number of nitrogens with zero attached hydrogens (tertiary/aromatic N) is 2. The van der Waals surface area contributed by atoms with Crippen LogP contribution in [0.3, 0.4) is 0 Å². The van der Waals surface area contributed by atoms with E-state index in [4.69, 9.17) is 0 Å². The van der Waals surface area contributed by atoms with Crippen molar-refractivity contribution in [2.75, 3.05) is 19.6 Å². The molecule has 0 aliphatic carbocycles. The summed E-state index contributed by atoms with van der Waals surface area (Å²) in [4.78, 5) is 0.282. The highest BCUT2D eigenvalue weighted by atomic mass is 32.2. The summed E-state index contributed by atoms with van der Waals surface area (Å²) in [6.45, 7) is 11.2. The summed E-state index contributed by atoms with van der Waals surface area (Å²) in [5.74, 6) is 0. The van der Waals surface area contributed by atoms with Gasteiger partial charge in [0.25, 0.3) is 0 Å². The second kappa shape index (κ2) is 7.56. The zero-order valence-corrected chi connectivity index (χ0v) is 13.3. The number of sulfonamides is 1. The standard InChI is InChI=1S/C13H24N4O2S/c1-5-8-14-10-12-13(11(4)15-16-12)20(18,19)17(7-3)9-6-2/h6,14H,2,5,7-10H2,1,3-4H3,(H,15,16). The third-order valence-corrected chi connectivity index (χ3v) is 5.11. The lowest BCUT2D eigenvalue weighted by Gasteiger charge is -2.19. The van der Waals surface area contributed by atoms with E-state index < -0.39 is 10.0 Å². The number of rotatable bonds is 9. The molecule has 0 saturated heterocycles. The van der Waals surface area contributed by atoms with Crippen molar-refractivity contribution in [3.8, 4) is 0 Å². The fraction of sp³-hybridized carbons (Fsp3) is 0.615. The van der Waals surface area contributed by atoms with E-state index in [1.807, 2.05) is 6.92 Å². The molecule has 0 aliphatic rings. The summed E-state index contributed by atoms with van der Waals surface area (Å²) < 4.78 is 26.7. The van der Waals surface area contributed by atoms with E-state index in [9.17, 15) is 8.42 Å². The Bertz CT molecular complexity index is 537. The first-order chi connectivity index (χ1) is 9.48. The van der Waals surface area contributed by atoms with Gasteiger partial charge in [0, 0.05) is 19.6 Å². The van der Waals surface area contributed by atoms with Crippen LogP contribution in [-0.2, 0) is 16.6 Å². The number of likely N-dealkylation sites (N-methyl/N-ethyl adjacent to an activating group) is 1. The summed E-state index contributed by atoms with van der Waals surface area (Å²) in [6.07, 6.45) is 2.58. The fourth-order valence-electron chi connectivity index (χ4n) is 1.99. The predicted molar refractivity (Wildman–Crippen MR) is 80.0 cm³/mol. The van der Waals surface area contributed by atoms with Gasteiger partial charge < -0.3 is 5.32 Å². The molecule has 1 heterocycles. The third-order valence-electron chi connectivity index (χ3n) is 2.96. The van der Waals surface area contributed by atoms with E-state index in [-0.39, 0.29) is 4.90 Å². The molecule has 0 bridgehead atoms. The highest BCUT2D eigenvalue weighted by molar-refractivity contribution is 7.89. The minimum Gasteiger partial charge on any atom is -0.311 e. The Kier molecular flexibility index (Phi) is 6.38. The molecule has 0 unspecified atom stereocenters. The Hall–Kier alpha value is -1.18. The lowest BCUT2D eigenvalue weighted by Crippen LogP contribution is -2.32. The quantitative estimate of drug-likeness (QED) is 0.534. The van der Waals surface area contributed by atoms with Crippen molar-refractivity contribution < 1.29 is 8.42 Å². The van der Waals surface area contributed by atoms with Gasteiger partial charge in [-0.1, -0.05) is 19.9 Å². The average molecular weight is 300 g/mol. The molecular formula is C13H24N4O2S. The normalized spacial score (nSPS) is 12.0. The van der Waals surface area contributed by atoms with Crippen molar-refractivity contribution >= 4 is 10.0 Å². The molecule has 0 saturated carbocycles. The van der Waals surface area contributed by atoms with Crippen LogP contribution in [0.1, 0.15) is 31.7 Å². The zero-order valence-electron chi connectivity index (χ0n) is 12.4. The molecular weight excluding hydrogens is 276 g/mol. The van der Waals surface area contributed by atoms with E-state index in [1.165, 1.54) is 4.31 Å². The lowest BCUT2D eigenvalue weighted by molar-refractivity contribution is 0.458. The molecule has 6 nitrogen and oxygen atoms in total. The molecule has 0 spiro atoms. The maximum atomic E-state index is 12.7. The van der Waals surface area contributed by atoms with E-state index in [1.54, 1.807) is 13.0 Å². The van der Waals surface area contributed by atoms with Gasteiger partial charge in [-0.15, -0.1) is 6.58 Å². The van der Waals surface area contributed by atoms with Crippen molar-refractivity contribution in [3.63, 3.8) is 0 Å². The average Bonchev–Trinajstić information content (AvgIpc) is 2.78. The van der Waals surface area contributed by atoms with Crippen LogP contribution in [0, 0.1) is 6.92 Å². The van der Waals surface area contributed by atoms with Gasteiger partial charge in [0.1, 0.15) is 4.90 Å². The number of H-pyrrole nitrogens is 1. The van der Waals surface area contributed by atoms with Crippen molar-refractivity contribution in [2.24, 2.45) is 0 Å². The number of aromatic amines is 1. The molecule has 0 fully saturated rings. The highest BCUT2D eigenvalue weighted by Gasteiger charge is 2.29. The van der Waals surface area contributed by atoms with Crippen molar-refractivity contribution in [3.05, 3.63) is 24.0 Å². The lowest BCUT2D eigenvalue weighted by atomic mass is 10.3. The number of aryl methyl sites for hydroxylation is 1. The van der Waals surface area contributed by atoms with Gasteiger partial charge in [-0.05, 0) is 19.9 Å². The van der Waals surface area contributed by atoms with Gasteiger partial charge in [0.05, 0.1) is 11.4 Å². The SMILES string of the molecule is C=CCN(CC)S(=O)(=O)c1c(CNCCC)n[nH]c1C. The van der Waals surface area contributed by atoms with Crippen molar-refractivity contribution in [2.45, 2.75) is 38.6 Å². The monoisotopic (exact) mass is 300 g/mol. The highest BCUT2D eigenvalue weighted by Crippen LogP contribution is 2.22. The molecule has 0 aliphatic heterocycles. The molecule has 0 radical (unpaired) electrons. The van der Waals surface area contributed by atoms with Crippen LogP contribution in [0.4, 0.5) is 0 Å². The first kappa shape index (κ1) is 16.9. The topological polar surface area (TPSA) is 78.1 Å². The Morgan fingerprint density at radius 3 is 2.70 bits per heavy atom. The van der Waals surface area contributed by atoms with Crippen LogP contribution in [0.2, 0.25) is 0 Å². The molecule has 0 amide bonds. The largest absolute Gasteiger partial charge is 0.311 e. The van der Waals surface area contributed by atoms with Crippen molar-refractivity contribution in [1.29, 1.82) is 0 Å². The molecule has 0 atom stereocenters. The predicted octanol–water partition coefficient (Wildman–Crippen LogP) is 1.41. The van der Waals surface area contributed by atoms with Crippen LogP contribution < -0.4 is 5.32 Å². The van der Waals surface area contributed by atoms with Crippen LogP contribution in [0.5, 0.6) is 0 Å². The van der Waals surface area contributed by atoms with Gasteiger partial charge in [-0.3, -0.25) is 5.10 Å². The number of nitrogens with one attached hydrogen (secondary N) is 2. The number of aromatic nitrogens is 2. The molecule has 0 aromatic carbocycles. The molecule has 1 aromatic heterocycles. The van der Waals surface area contributed by atoms with Gasteiger partial charge >= 0.3 is 0 Å². The molecule has 114 valence electrons. The zero-order chi connectivity index (χ0) is 15.2. The van der Waals surface area contributed by atoms with Crippen molar-refractivity contribution in [1.82, 2.24) is 19.8 Å². The van der Waals surface area contributed by atoms with E-state index in [0.717, 1.165) is 13.0 Å². The van der Waals surface area contributed by atoms with Crippen LogP contribution >= 0.6 is 0 Å². The number of hydrogen-bond donors (Lipinski definition) is 2. The number of hydrogen-bond acceptors (Lipinski definition) is 4. The first-order valence-corrected chi connectivity index (χ1v) is 8.28. The molecule has 1 rings (SSSR count). The first-order valence-electron chi connectivity index (χ1n) is 6.84. The second-order valence-electron chi connectivity index (χ2n) is 4.55. The van der Waals surface area contributed by atoms with Crippen LogP contribution in [-0.4, -0.2) is 42.6 Å². The molecule has 7 heteroatoms. The van der Waals surface area contributed by atoms with E-state index in [0.29, 0.717) is 31.0 Å². The Morgan fingerprint density at radius 2 is 2.15 bits per heavy atom. The van der Waals surface area contributed by atoms with Gasteiger partial charge in [0.15, 0.2) is 0 Å². The van der Waals surface area contributed by atoms with Gasteiger partial charge in [-0.25, -0.2) is 8.42 Å². The summed E-state index contributed by atoms with van der Waals surface area (Å²) in [5, 5.41) is 10.1. The second-order valence-corrected chi connectivity index (χ2v) is 6.42. The minimum atomic E-state index is -3.54. The summed E-state index contributed by atoms with van der Waals surface area (Å²) in [6, 6.07) is 0. The third kappa shape index (κ3) is 3.68. The van der Waals surface area contributed by atoms with Gasteiger partial charge in [0.2, 0.25) is 10.0 Å². The summed E-state index contributed by atoms with van der Waals surface area (Å²) >= 11 is 0. The molecule has 20 heavy (non-hydrogen) atoms. The maximum absolute atomic E-state index is 12.7. The maximum Gasteiger partial charge on any atom is 0.247 e. The minimum absolute atomic E-state index is 0.282. The molecule has 1 aromatic rings. The summed E-state index contributed by atoms with van der Waals surface area (Å²) in [5.41, 5.74) is 1.11.